The molecule has 2 heterocycles. The number of nitrogens with one attached hydrogen (secondary N) is 1. The molecule has 0 saturated heterocycles. The molecule has 0 radical (unpaired) electrons. The van der Waals surface area contributed by atoms with Gasteiger partial charge < -0.3 is 9.88 Å². The van der Waals surface area contributed by atoms with E-state index in [4.69, 9.17) is 0 Å². The zero-order valence-electron chi connectivity index (χ0n) is 15.9. The van der Waals surface area contributed by atoms with E-state index in [0.717, 1.165) is 23.8 Å². The number of rotatable bonds is 8. The highest BCUT2D eigenvalue weighted by Crippen LogP contribution is 2.37. The molecule has 0 atom stereocenters. The Morgan fingerprint density at radius 1 is 1.31 bits per heavy atom. The van der Waals surface area contributed by atoms with E-state index in [2.05, 4.69) is 25.1 Å². The number of thioether (sulfide) groups is 2. The number of amides is 1. The first-order valence-electron chi connectivity index (χ1n) is 9.36. The molecule has 29 heavy (non-hydrogen) atoms. The summed E-state index contributed by atoms with van der Waals surface area (Å²) in [6.07, 6.45) is 9.12. The van der Waals surface area contributed by atoms with Crippen molar-refractivity contribution < 1.29 is 18.0 Å². The lowest BCUT2D eigenvalue weighted by molar-refractivity contribution is -0.0329. The summed E-state index contributed by atoms with van der Waals surface area (Å²) in [7, 11) is 0. The average molecular weight is 446 g/mol. The molecule has 158 valence electrons. The van der Waals surface area contributed by atoms with Crippen LogP contribution in [0.3, 0.4) is 0 Å². The molecule has 11 heteroatoms. The molecular formula is C18H22F3N5OS2. The van der Waals surface area contributed by atoms with Crippen LogP contribution in [0.5, 0.6) is 0 Å². The van der Waals surface area contributed by atoms with Crippen LogP contribution in [0, 0.1) is 0 Å². The number of hydrogen-bond acceptors (Lipinski definition) is 6. The van der Waals surface area contributed by atoms with Gasteiger partial charge in [0.2, 0.25) is 0 Å². The van der Waals surface area contributed by atoms with Gasteiger partial charge in [0.25, 0.3) is 5.91 Å². The number of nitrogens with zero attached hydrogens (tertiary/aromatic N) is 4. The van der Waals surface area contributed by atoms with Crippen molar-refractivity contribution in [3.63, 3.8) is 0 Å². The van der Waals surface area contributed by atoms with Crippen LogP contribution in [0.4, 0.5) is 13.2 Å². The van der Waals surface area contributed by atoms with E-state index in [1.54, 1.807) is 11.8 Å². The van der Waals surface area contributed by atoms with Crippen LogP contribution >= 0.6 is 23.5 Å². The van der Waals surface area contributed by atoms with Gasteiger partial charge in [0, 0.05) is 37.0 Å². The molecule has 2 aromatic heterocycles. The van der Waals surface area contributed by atoms with Gasteiger partial charge in [-0.2, -0.15) is 13.2 Å². The average Bonchev–Trinajstić information content (AvgIpc) is 3.33. The van der Waals surface area contributed by atoms with Gasteiger partial charge in [0.1, 0.15) is 10.9 Å². The maximum atomic E-state index is 12.7. The van der Waals surface area contributed by atoms with Crippen LogP contribution in [0.15, 0.2) is 28.5 Å². The predicted octanol–water partition coefficient (Wildman–Crippen LogP) is 4.48. The summed E-state index contributed by atoms with van der Waals surface area (Å²) < 4.78 is 40.2. The third kappa shape index (κ3) is 5.88. The van der Waals surface area contributed by atoms with Crippen molar-refractivity contribution in [2.24, 2.45) is 0 Å². The Labute approximate surface area is 175 Å². The molecular weight excluding hydrogens is 423 g/mol. The Hall–Kier alpha value is -1.75. The molecule has 1 aliphatic rings. The normalized spacial score (nSPS) is 15.0. The maximum Gasteiger partial charge on any atom is 0.447 e. The van der Waals surface area contributed by atoms with E-state index < -0.39 is 11.4 Å². The highest BCUT2D eigenvalue weighted by atomic mass is 32.2. The molecule has 1 amide bonds. The summed E-state index contributed by atoms with van der Waals surface area (Å²) >= 11 is 1.19. The first kappa shape index (κ1) is 21.9. The van der Waals surface area contributed by atoms with Crippen molar-refractivity contribution in [2.75, 3.05) is 12.8 Å². The molecule has 0 spiro atoms. The lowest BCUT2D eigenvalue weighted by Crippen LogP contribution is -2.26. The Kier molecular flexibility index (Phi) is 7.44. The van der Waals surface area contributed by atoms with E-state index in [9.17, 15) is 18.0 Å². The van der Waals surface area contributed by atoms with Gasteiger partial charge in [0.15, 0.2) is 5.16 Å². The van der Waals surface area contributed by atoms with Gasteiger partial charge in [-0.05, 0) is 37.7 Å². The minimum atomic E-state index is -4.50. The zero-order chi connectivity index (χ0) is 20.9. The number of pyridine rings is 1. The number of hydrogen-bond donors (Lipinski definition) is 1. The molecule has 0 bridgehead atoms. The van der Waals surface area contributed by atoms with Crippen LogP contribution in [0.1, 0.15) is 54.3 Å². The van der Waals surface area contributed by atoms with Crippen molar-refractivity contribution in [2.45, 2.75) is 60.3 Å². The number of carbonyl (C=O) groups excluding carboxylic acids is 1. The summed E-state index contributed by atoms with van der Waals surface area (Å²) in [4.78, 5) is 16.0. The first-order chi connectivity index (χ1) is 13.9. The van der Waals surface area contributed by atoms with Gasteiger partial charge >= 0.3 is 5.51 Å². The molecule has 2 aromatic rings. The van der Waals surface area contributed by atoms with Crippen molar-refractivity contribution in [3.05, 3.63) is 29.7 Å². The first-order valence-corrected chi connectivity index (χ1v) is 11.4. The van der Waals surface area contributed by atoms with E-state index in [1.165, 1.54) is 31.2 Å². The van der Waals surface area contributed by atoms with Gasteiger partial charge in [0.05, 0.1) is 5.56 Å². The lowest BCUT2D eigenvalue weighted by Gasteiger charge is -2.16. The summed E-state index contributed by atoms with van der Waals surface area (Å²) in [5, 5.41) is 11.8. The number of aromatic nitrogens is 4. The number of aryl methyl sites for hydroxylation is 1. The second kappa shape index (κ2) is 9.84. The minimum Gasteiger partial charge on any atom is -0.352 e. The smallest absolute Gasteiger partial charge is 0.352 e. The third-order valence-corrected chi connectivity index (χ3v) is 6.09. The predicted molar refractivity (Wildman–Crippen MR) is 106 cm³/mol. The Balaban J connectivity index is 1.57. The Morgan fingerprint density at radius 2 is 2.07 bits per heavy atom. The fourth-order valence-corrected chi connectivity index (χ4v) is 4.62. The number of carbonyl (C=O) groups is 1. The molecule has 1 N–H and O–H groups in total. The van der Waals surface area contributed by atoms with E-state index in [0.29, 0.717) is 25.4 Å². The third-order valence-electron chi connectivity index (χ3n) is 4.70. The molecule has 6 nitrogen and oxygen atoms in total. The van der Waals surface area contributed by atoms with Gasteiger partial charge in [-0.1, -0.05) is 24.6 Å². The molecule has 1 aliphatic carbocycles. The monoisotopic (exact) mass is 445 g/mol. The van der Waals surface area contributed by atoms with Gasteiger partial charge in [-0.15, -0.1) is 10.2 Å². The molecule has 3 rings (SSSR count). The van der Waals surface area contributed by atoms with E-state index >= 15 is 0 Å². The van der Waals surface area contributed by atoms with Crippen molar-refractivity contribution >= 4 is 29.4 Å². The van der Waals surface area contributed by atoms with Crippen LogP contribution < -0.4 is 5.32 Å². The molecule has 1 fully saturated rings. The van der Waals surface area contributed by atoms with Crippen LogP contribution in [0.25, 0.3) is 0 Å². The van der Waals surface area contributed by atoms with E-state index in [-0.39, 0.29) is 22.4 Å². The summed E-state index contributed by atoms with van der Waals surface area (Å²) in [6.45, 7) is 0.329. The summed E-state index contributed by atoms with van der Waals surface area (Å²) in [5.41, 5.74) is -4.57. The molecule has 1 saturated carbocycles. The van der Waals surface area contributed by atoms with Gasteiger partial charge in [-0.25, -0.2) is 4.98 Å². The highest BCUT2D eigenvalue weighted by Gasteiger charge is 2.32. The van der Waals surface area contributed by atoms with Crippen molar-refractivity contribution in [3.8, 4) is 0 Å². The maximum absolute atomic E-state index is 12.7. The standard InChI is InChI=1S/C18H22F3N5OS2/c1-28-17-25-24-14(26(17)12-6-2-3-7-12)9-5-10-22-15(27)13-8-4-11-23-16(13)29-18(19,20)21/h4,8,11-12H,2-3,5-7,9-10H2,1H3,(H,22,27). The van der Waals surface area contributed by atoms with Gasteiger partial charge in [-0.3, -0.25) is 4.79 Å². The summed E-state index contributed by atoms with van der Waals surface area (Å²) in [5.74, 6) is 0.331. The number of alkyl halides is 3. The van der Waals surface area contributed by atoms with Crippen LogP contribution in [-0.4, -0.2) is 44.0 Å². The van der Waals surface area contributed by atoms with Crippen molar-refractivity contribution in [1.82, 2.24) is 25.1 Å². The number of halogens is 3. The zero-order valence-corrected chi connectivity index (χ0v) is 17.5. The Bertz CT molecular complexity index is 837. The Morgan fingerprint density at radius 3 is 2.76 bits per heavy atom. The molecule has 0 unspecified atom stereocenters. The highest BCUT2D eigenvalue weighted by molar-refractivity contribution is 8.00. The summed E-state index contributed by atoms with van der Waals surface area (Å²) in [6, 6.07) is 3.22. The topological polar surface area (TPSA) is 72.7 Å². The quantitative estimate of drug-likeness (QED) is 0.477. The second-order valence-electron chi connectivity index (χ2n) is 6.67. The molecule has 0 aliphatic heterocycles. The lowest BCUT2D eigenvalue weighted by atomic mass is 10.2. The van der Waals surface area contributed by atoms with Crippen LogP contribution in [-0.2, 0) is 6.42 Å². The largest absolute Gasteiger partial charge is 0.447 e. The fourth-order valence-electron chi connectivity index (χ4n) is 3.44. The molecule has 0 aromatic carbocycles. The van der Waals surface area contributed by atoms with Crippen molar-refractivity contribution in [1.29, 1.82) is 0 Å². The van der Waals surface area contributed by atoms with E-state index in [1.807, 2.05) is 6.26 Å². The second-order valence-corrected chi connectivity index (χ2v) is 8.50. The SMILES string of the molecule is CSc1nnc(CCCNC(=O)c2cccnc2SC(F)(F)F)n1C1CCCC1. The van der Waals surface area contributed by atoms with Crippen LogP contribution in [0.2, 0.25) is 0 Å². The minimum absolute atomic E-state index is 0.0754. The fraction of sp³-hybridized carbons (Fsp3) is 0.556.